The summed E-state index contributed by atoms with van der Waals surface area (Å²) in [6.07, 6.45) is 1.29. The maximum atomic E-state index is 14.9. The Bertz CT molecular complexity index is 1210. The molecule has 12 heteroatoms. The zero-order chi connectivity index (χ0) is 25.1. The van der Waals surface area contributed by atoms with E-state index in [9.17, 15) is 17.6 Å². The van der Waals surface area contributed by atoms with Gasteiger partial charge in [0.25, 0.3) is 5.91 Å². The van der Waals surface area contributed by atoms with E-state index in [1.807, 2.05) is 27.7 Å². The first kappa shape index (κ1) is 25.1. The molecule has 2 heterocycles. The molecular weight excluding hydrogens is 480 g/mol. The van der Waals surface area contributed by atoms with Crippen molar-refractivity contribution in [2.45, 2.75) is 76.4 Å². The Morgan fingerprint density at radius 3 is 2.38 bits per heavy atom. The Hall–Kier alpha value is -2.02. The third-order valence-electron chi connectivity index (χ3n) is 6.53. The second kappa shape index (κ2) is 8.29. The zero-order valence-corrected chi connectivity index (χ0v) is 21.7. The SMILES string of the molecule is CC(C)(NC(=O)c1ccc(B2OC(C)(C)C(C)(C)O2)cc1F)c1csc(NS(=O)(=O)C2CC2)n1. The van der Waals surface area contributed by atoms with Crippen LogP contribution in [0, 0.1) is 5.82 Å². The molecule has 1 amide bonds. The molecule has 0 spiro atoms. The van der Waals surface area contributed by atoms with Crippen LogP contribution in [0.25, 0.3) is 0 Å². The molecule has 184 valence electrons. The Morgan fingerprint density at radius 2 is 1.82 bits per heavy atom. The molecule has 0 unspecified atom stereocenters. The van der Waals surface area contributed by atoms with Crippen LogP contribution in [-0.2, 0) is 24.9 Å². The van der Waals surface area contributed by atoms with Gasteiger partial charge >= 0.3 is 7.12 Å². The van der Waals surface area contributed by atoms with E-state index in [0.29, 0.717) is 24.0 Å². The molecule has 1 aliphatic heterocycles. The van der Waals surface area contributed by atoms with E-state index < -0.39 is 45.6 Å². The number of hydrogen-bond acceptors (Lipinski definition) is 7. The number of halogens is 1. The van der Waals surface area contributed by atoms with Crippen molar-refractivity contribution >= 4 is 45.0 Å². The van der Waals surface area contributed by atoms with Crippen LogP contribution in [0.15, 0.2) is 23.6 Å². The standard InChI is InChI=1S/C22H29BFN3O5S2/c1-20(2,17-12-33-19(25-17)27-34(29,30)14-8-9-14)26-18(28)15-10-7-13(11-16(15)24)23-31-21(3,4)22(5,6)32-23/h7,10-12,14H,8-9H2,1-6H3,(H,25,27)(H,26,28). The molecule has 0 radical (unpaired) electrons. The lowest BCUT2D eigenvalue weighted by molar-refractivity contribution is 0.00578. The van der Waals surface area contributed by atoms with E-state index in [1.54, 1.807) is 25.3 Å². The number of hydrogen-bond donors (Lipinski definition) is 2. The molecular formula is C22H29BFN3O5S2. The second-order valence-electron chi connectivity index (χ2n) is 10.3. The van der Waals surface area contributed by atoms with Crippen molar-refractivity contribution < 1.29 is 26.9 Å². The van der Waals surface area contributed by atoms with Gasteiger partial charge in [0.15, 0.2) is 5.13 Å². The van der Waals surface area contributed by atoms with Crippen LogP contribution >= 0.6 is 11.3 Å². The summed E-state index contributed by atoms with van der Waals surface area (Å²) in [6, 6.07) is 4.26. The topological polar surface area (TPSA) is 107 Å². The molecule has 2 aliphatic rings. The molecule has 1 saturated carbocycles. The summed E-state index contributed by atoms with van der Waals surface area (Å²) in [4.78, 5) is 17.2. The normalized spacial score (nSPS) is 19.8. The van der Waals surface area contributed by atoms with Gasteiger partial charge in [0, 0.05) is 5.38 Å². The predicted molar refractivity (Wildman–Crippen MR) is 130 cm³/mol. The summed E-state index contributed by atoms with van der Waals surface area (Å²) in [6.45, 7) is 11.1. The smallest absolute Gasteiger partial charge is 0.399 e. The molecule has 1 aromatic heterocycles. The van der Waals surface area contributed by atoms with E-state index in [0.717, 1.165) is 11.3 Å². The van der Waals surface area contributed by atoms with E-state index >= 15 is 0 Å². The monoisotopic (exact) mass is 509 g/mol. The average molecular weight is 509 g/mol. The van der Waals surface area contributed by atoms with Crippen LogP contribution < -0.4 is 15.5 Å². The third-order valence-corrected chi connectivity index (χ3v) is 9.24. The Kier molecular flexibility index (Phi) is 6.11. The molecule has 8 nitrogen and oxygen atoms in total. The number of anilines is 1. The van der Waals surface area contributed by atoms with Crippen LogP contribution in [0.5, 0.6) is 0 Å². The maximum Gasteiger partial charge on any atom is 0.494 e. The van der Waals surface area contributed by atoms with Crippen molar-refractivity contribution in [1.29, 1.82) is 0 Å². The molecule has 2 N–H and O–H groups in total. The number of thiazole rings is 1. The fourth-order valence-electron chi connectivity index (χ4n) is 3.45. The quantitative estimate of drug-likeness (QED) is 0.556. The molecule has 1 aromatic carbocycles. The first-order valence-corrected chi connectivity index (χ1v) is 13.5. The summed E-state index contributed by atoms with van der Waals surface area (Å²) in [7, 11) is -4.16. The lowest BCUT2D eigenvalue weighted by atomic mass is 9.78. The van der Waals surface area contributed by atoms with E-state index in [2.05, 4.69) is 15.0 Å². The molecule has 2 fully saturated rings. The number of carbonyl (C=O) groups is 1. The van der Waals surface area contributed by atoms with Crippen molar-refractivity contribution in [2.24, 2.45) is 0 Å². The molecule has 4 rings (SSSR count). The second-order valence-corrected chi connectivity index (χ2v) is 13.1. The van der Waals surface area contributed by atoms with Gasteiger partial charge < -0.3 is 14.6 Å². The average Bonchev–Trinajstić information content (AvgIpc) is 3.42. The Labute approximate surface area is 203 Å². The van der Waals surface area contributed by atoms with Crippen molar-refractivity contribution in [1.82, 2.24) is 10.3 Å². The van der Waals surface area contributed by atoms with E-state index in [-0.39, 0.29) is 15.9 Å². The van der Waals surface area contributed by atoms with Crippen LogP contribution in [0.4, 0.5) is 9.52 Å². The number of nitrogens with one attached hydrogen (secondary N) is 2. The predicted octanol–water partition coefficient (Wildman–Crippen LogP) is 3.15. The van der Waals surface area contributed by atoms with Gasteiger partial charge in [0.2, 0.25) is 10.0 Å². The summed E-state index contributed by atoms with van der Waals surface area (Å²) in [5, 5.41) is 4.32. The van der Waals surface area contributed by atoms with Gasteiger partial charge in [-0.2, -0.15) is 0 Å². The van der Waals surface area contributed by atoms with Gasteiger partial charge in [0.05, 0.1) is 33.2 Å². The Morgan fingerprint density at radius 1 is 1.21 bits per heavy atom. The fraction of sp³-hybridized carbons (Fsp3) is 0.545. The van der Waals surface area contributed by atoms with Crippen molar-refractivity contribution in [3.05, 3.63) is 40.7 Å². The highest BCUT2D eigenvalue weighted by Gasteiger charge is 2.51. The van der Waals surface area contributed by atoms with Gasteiger partial charge in [-0.15, -0.1) is 11.3 Å². The first-order valence-electron chi connectivity index (χ1n) is 11.1. The van der Waals surface area contributed by atoms with Gasteiger partial charge in [-0.3, -0.25) is 9.52 Å². The first-order chi connectivity index (χ1) is 15.6. The number of aromatic nitrogens is 1. The number of benzene rings is 1. The highest BCUT2D eigenvalue weighted by atomic mass is 32.2. The summed E-state index contributed by atoms with van der Waals surface area (Å²) in [5.74, 6) is -1.31. The van der Waals surface area contributed by atoms with Gasteiger partial charge in [-0.25, -0.2) is 17.8 Å². The molecule has 2 aromatic rings. The maximum absolute atomic E-state index is 14.9. The molecule has 34 heavy (non-hydrogen) atoms. The Balaban J connectivity index is 1.46. The minimum Gasteiger partial charge on any atom is -0.399 e. The van der Waals surface area contributed by atoms with Crippen LogP contribution in [0.3, 0.4) is 0 Å². The van der Waals surface area contributed by atoms with Gasteiger partial charge in [0.1, 0.15) is 5.82 Å². The number of nitrogens with zero attached hydrogens (tertiary/aromatic N) is 1. The molecule has 1 aliphatic carbocycles. The summed E-state index contributed by atoms with van der Waals surface area (Å²) in [5.41, 5.74) is -1.26. The lowest BCUT2D eigenvalue weighted by Gasteiger charge is -2.32. The van der Waals surface area contributed by atoms with Crippen molar-refractivity contribution in [3.63, 3.8) is 0 Å². The van der Waals surface area contributed by atoms with E-state index in [4.69, 9.17) is 9.31 Å². The van der Waals surface area contributed by atoms with Crippen LogP contribution in [0.1, 0.15) is 70.4 Å². The van der Waals surface area contributed by atoms with Gasteiger partial charge in [-0.1, -0.05) is 6.07 Å². The minimum atomic E-state index is -3.43. The third kappa shape index (κ3) is 4.86. The summed E-state index contributed by atoms with van der Waals surface area (Å²) < 4.78 is 53.6. The number of sulfonamides is 1. The largest absolute Gasteiger partial charge is 0.494 e. The number of rotatable bonds is 7. The molecule has 1 saturated heterocycles. The van der Waals surface area contributed by atoms with Gasteiger partial charge in [-0.05, 0) is 72.0 Å². The van der Waals surface area contributed by atoms with Crippen molar-refractivity contribution in [3.8, 4) is 0 Å². The number of amides is 1. The lowest BCUT2D eigenvalue weighted by Crippen LogP contribution is -2.42. The highest BCUT2D eigenvalue weighted by molar-refractivity contribution is 7.93. The minimum absolute atomic E-state index is 0.127. The van der Waals surface area contributed by atoms with Crippen LogP contribution in [-0.4, -0.2) is 42.9 Å². The van der Waals surface area contributed by atoms with E-state index in [1.165, 1.54) is 12.1 Å². The highest BCUT2D eigenvalue weighted by Crippen LogP contribution is 2.36. The van der Waals surface area contributed by atoms with Crippen LogP contribution in [0.2, 0.25) is 0 Å². The molecule has 0 bridgehead atoms. The van der Waals surface area contributed by atoms with Crippen molar-refractivity contribution in [2.75, 3.05) is 4.72 Å². The zero-order valence-electron chi connectivity index (χ0n) is 20.1. The number of carbonyl (C=O) groups excluding carboxylic acids is 1. The summed E-state index contributed by atoms with van der Waals surface area (Å²) >= 11 is 1.14. The molecule has 0 atom stereocenters. The fourth-order valence-corrected chi connectivity index (χ4v) is 5.92.